The third-order valence-corrected chi connectivity index (χ3v) is 7.39. The summed E-state index contributed by atoms with van der Waals surface area (Å²) in [6, 6.07) is 7.37. The SMILES string of the molecule is Cc1nc(Nc2ncc(C(=O)Nc3c(C)cccc3Cl)s2)cc(N2CCN(CCO)CC2)n1.O=C(O)C(O)C(O)C(=O)O. The van der Waals surface area contributed by atoms with Crippen LogP contribution in [-0.2, 0) is 9.59 Å². The second kappa shape index (κ2) is 15.5. The molecule has 1 aliphatic heterocycles. The fourth-order valence-electron chi connectivity index (χ4n) is 3.90. The standard InChI is InChI=1S/C22H26ClN7O2S.C4H6O6/c1-14-4-3-5-16(23)20(14)28-21(32)17-13-24-22(33-17)27-18-12-19(26-15(2)25-18)30-8-6-29(7-9-30)10-11-31;5-1(3(7)8)2(6)4(9)10/h3-5,12-13,31H,6-11H2,1-2H3,(H,28,32)(H,24,25,26,27);1-2,5-6H,(H,7,8)(H,9,10). The summed E-state index contributed by atoms with van der Waals surface area (Å²) in [6.07, 6.45) is -3.00. The molecule has 0 bridgehead atoms. The Labute approximate surface area is 255 Å². The summed E-state index contributed by atoms with van der Waals surface area (Å²) in [5.74, 6) is -1.69. The lowest BCUT2D eigenvalue weighted by molar-refractivity contribution is -0.165. The molecule has 3 aromatic rings. The van der Waals surface area contributed by atoms with Gasteiger partial charge in [0.1, 0.15) is 22.3 Å². The maximum absolute atomic E-state index is 12.7. The topological polar surface area (TPSA) is 222 Å². The average molecular weight is 638 g/mol. The van der Waals surface area contributed by atoms with Crippen molar-refractivity contribution in [3.63, 3.8) is 0 Å². The number of thiazole rings is 1. The number of aliphatic hydroxyl groups is 3. The Balaban J connectivity index is 0.000000436. The molecule has 17 heteroatoms. The number of aryl methyl sites for hydroxylation is 2. The van der Waals surface area contributed by atoms with E-state index >= 15 is 0 Å². The monoisotopic (exact) mass is 637 g/mol. The van der Waals surface area contributed by atoms with Crippen LogP contribution < -0.4 is 15.5 Å². The summed E-state index contributed by atoms with van der Waals surface area (Å²) in [5.41, 5.74) is 1.49. The van der Waals surface area contributed by atoms with Crippen LogP contribution in [0.3, 0.4) is 0 Å². The number of carboxylic acid groups (broad SMARTS) is 2. The van der Waals surface area contributed by atoms with Gasteiger partial charge in [-0.1, -0.05) is 35.1 Å². The number of aliphatic carboxylic acids is 2. The third-order valence-electron chi connectivity index (χ3n) is 6.17. The zero-order valence-electron chi connectivity index (χ0n) is 23.3. The highest BCUT2D eigenvalue weighted by molar-refractivity contribution is 7.17. The second-order valence-electron chi connectivity index (χ2n) is 9.32. The molecular weight excluding hydrogens is 606 g/mol. The van der Waals surface area contributed by atoms with Gasteiger partial charge < -0.3 is 41.1 Å². The number of nitrogens with one attached hydrogen (secondary N) is 2. The number of carbonyl (C=O) groups is 3. The number of carbonyl (C=O) groups excluding carboxylic acids is 1. The van der Waals surface area contributed by atoms with Crippen LogP contribution in [0.15, 0.2) is 30.5 Å². The summed E-state index contributed by atoms with van der Waals surface area (Å²) in [4.78, 5) is 50.5. The molecule has 15 nitrogen and oxygen atoms in total. The molecule has 0 aliphatic carbocycles. The van der Waals surface area contributed by atoms with Crippen molar-refractivity contribution >= 4 is 63.2 Å². The highest BCUT2D eigenvalue weighted by atomic mass is 35.5. The van der Waals surface area contributed by atoms with Gasteiger partial charge in [-0.05, 0) is 25.5 Å². The molecule has 43 heavy (non-hydrogen) atoms. The largest absolute Gasteiger partial charge is 0.479 e. The molecule has 1 aromatic carbocycles. The van der Waals surface area contributed by atoms with E-state index in [1.54, 1.807) is 6.07 Å². The smallest absolute Gasteiger partial charge is 0.335 e. The van der Waals surface area contributed by atoms with Crippen molar-refractivity contribution < 1.29 is 39.9 Å². The van der Waals surface area contributed by atoms with Gasteiger partial charge in [-0.3, -0.25) is 9.69 Å². The fourth-order valence-corrected chi connectivity index (χ4v) is 4.89. The first-order valence-corrected chi connectivity index (χ1v) is 14.1. The van der Waals surface area contributed by atoms with Gasteiger partial charge in [0.25, 0.3) is 5.91 Å². The highest BCUT2D eigenvalue weighted by Crippen LogP contribution is 2.28. The minimum absolute atomic E-state index is 0.173. The number of carboxylic acids is 2. The Morgan fingerprint density at radius 3 is 2.28 bits per heavy atom. The number of rotatable bonds is 10. The maximum atomic E-state index is 12.7. The van der Waals surface area contributed by atoms with Gasteiger partial charge in [0.2, 0.25) is 0 Å². The van der Waals surface area contributed by atoms with Gasteiger partial charge in [-0.25, -0.2) is 24.5 Å². The number of hydrogen-bond acceptors (Lipinski definition) is 13. The van der Waals surface area contributed by atoms with Crippen molar-refractivity contribution in [2.24, 2.45) is 0 Å². The van der Waals surface area contributed by atoms with E-state index < -0.39 is 24.1 Å². The fraction of sp³-hybridized carbons (Fsp3) is 0.385. The Morgan fingerprint density at radius 1 is 1.05 bits per heavy atom. The van der Waals surface area contributed by atoms with E-state index in [0.717, 1.165) is 37.6 Å². The van der Waals surface area contributed by atoms with Crippen LogP contribution in [0.4, 0.5) is 22.5 Å². The molecule has 2 unspecified atom stereocenters. The number of β-amino-alcohol motifs (C(OH)–C–C–N with tert-alkyl or cyclic N) is 1. The quantitative estimate of drug-likeness (QED) is 0.166. The maximum Gasteiger partial charge on any atom is 0.335 e. The van der Waals surface area contributed by atoms with Crippen LogP contribution in [-0.4, -0.2) is 115 Å². The molecule has 2 atom stereocenters. The number of piperazine rings is 1. The summed E-state index contributed by atoms with van der Waals surface area (Å²) in [7, 11) is 0. The molecular formula is C26H32ClN7O8S. The van der Waals surface area contributed by atoms with Crippen molar-refractivity contribution in [1.82, 2.24) is 19.9 Å². The van der Waals surface area contributed by atoms with Crippen molar-refractivity contribution in [1.29, 1.82) is 0 Å². The number of aromatic nitrogens is 3. The van der Waals surface area contributed by atoms with E-state index in [9.17, 15) is 14.4 Å². The average Bonchev–Trinajstić information content (AvgIpc) is 3.43. The van der Waals surface area contributed by atoms with E-state index in [0.29, 0.717) is 38.9 Å². The van der Waals surface area contributed by atoms with Gasteiger partial charge in [0.05, 0.1) is 23.5 Å². The number of amides is 1. The van der Waals surface area contributed by atoms with E-state index in [2.05, 4.69) is 35.4 Å². The summed E-state index contributed by atoms with van der Waals surface area (Å²) in [5, 5.41) is 48.8. The van der Waals surface area contributed by atoms with Crippen LogP contribution in [0.5, 0.6) is 0 Å². The van der Waals surface area contributed by atoms with Crippen LogP contribution in [0.25, 0.3) is 0 Å². The molecule has 1 amide bonds. The lowest BCUT2D eigenvalue weighted by Crippen LogP contribution is -2.47. The summed E-state index contributed by atoms with van der Waals surface area (Å²) in [6.45, 7) is 8.03. The molecule has 3 heterocycles. The zero-order chi connectivity index (χ0) is 31.7. The van der Waals surface area contributed by atoms with Crippen molar-refractivity contribution in [2.75, 3.05) is 54.9 Å². The Morgan fingerprint density at radius 2 is 1.70 bits per heavy atom. The van der Waals surface area contributed by atoms with Gasteiger partial charge in [0.15, 0.2) is 17.3 Å². The molecule has 0 spiro atoms. The lowest BCUT2D eigenvalue weighted by Gasteiger charge is -2.35. The predicted molar refractivity (Wildman–Crippen MR) is 159 cm³/mol. The van der Waals surface area contributed by atoms with Crippen LogP contribution in [0.1, 0.15) is 21.1 Å². The Hall–Kier alpha value is -3.93. The second-order valence-corrected chi connectivity index (χ2v) is 10.8. The Bertz CT molecular complexity index is 1400. The van der Waals surface area contributed by atoms with Gasteiger partial charge in [-0.2, -0.15) is 0 Å². The summed E-state index contributed by atoms with van der Waals surface area (Å²) < 4.78 is 0. The van der Waals surface area contributed by atoms with Crippen LogP contribution in [0.2, 0.25) is 5.02 Å². The highest BCUT2D eigenvalue weighted by Gasteiger charge is 2.29. The van der Waals surface area contributed by atoms with Crippen molar-refractivity contribution in [3.8, 4) is 0 Å². The number of benzene rings is 1. The normalized spacial score (nSPS) is 14.7. The van der Waals surface area contributed by atoms with Crippen LogP contribution >= 0.6 is 22.9 Å². The molecule has 0 saturated carbocycles. The summed E-state index contributed by atoms with van der Waals surface area (Å²) >= 11 is 7.46. The number of anilines is 4. The van der Waals surface area contributed by atoms with Crippen LogP contribution in [0, 0.1) is 13.8 Å². The number of hydrogen-bond donors (Lipinski definition) is 7. The third kappa shape index (κ3) is 9.54. The minimum atomic E-state index is -2.27. The zero-order valence-corrected chi connectivity index (χ0v) is 24.8. The molecule has 4 rings (SSSR count). The minimum Gasteiger partial charge on any atom is -0.479 e. The Kier molecular flexibility index (Phi) is 12.1. The molecule has 2 aromatic heterocycles. The van der Waals surface area contributed by atoms with Crippen molar-refractivity contribution in [3.05, 3.63) is 51.7 Å². The molecule has 1 saturated heterocycles. The molecule has 232 valence electrons. The number of para-hydroxylation sites is 1. The lowest BCUT2D eigenvalue weighted by atomic mass is 10.2. The molecule has 1 fully saturated rings. The van der Waals surface area contributed by atoms with E-state index in [-0.39, 0.29) is 12.5 Å². The molecule has 1 aliphatic rings. The van der Waals surface area contributed by atoms with E-state index in [4.69, 9.17) is 37.1 Å². The van der Waals surface area contributed by atoms with Gasteiger partial charge in [-0.15, -0.1) is 0 Å². The number of nitrogens with zero attached hydrogens (tertiary/aromatic N) is 5. The molecule has 7 N–H and O–H groups in total. The van der Waals surface area contributed by atoms with Crippen molar-refractivity contribution in [2.45, 2.75) is 26.1 Å². The van der Waals surface area contributed by atoms with Gasteiger partial charge in [0, 0.05) is 38.8 Å². The number of halogens is 1. The first-order chi connectivity index (χ1) is 20.4. The predicted octanol–water partition coefficient (Wildman–Crippen LogP) is 1.19. The number of aliphatic hydroxyl groups excluding tert-OH is 3. The first kappa shape index (κ1) is 33.6. The van der Waals surface area contributed by atoms with E-state index in [1.165, 1.54) is 17.5 Å². The first-order valence-electron chi connectivity index (χ1n) is 12.9. The molecule has 0 radical (unpaired) electrons. The van der Waals surface area contributed by atoms with E-state index in [1.807, 2.05) is 32.0 Å². The van der Waals surface area contributed by atoms with Gasteiger partial charge >= 0.3 is 11.9 Å².